The number of nitrogens with zero attached hydrogens (tertiary/aromatic N) is 1. The van der Waals surface area contributed by atoms with Gasteiger partial charge in [0.05, 0.1) is 6.61 Å². The highest BCUT2D eigenvalue weighted by Crippen LogP contribution is 2.28. The van der Waals surface area contributed by atoms with Crippen LogP contribution in [-0.4, -0.2) is 34.6 Å². The highest BCUT2D eigenvalue weighted by Gasteiger charge is 2.22. The van der Waals surface area contributed by atoms with Gasteiger partial charge in [0, 0.05) is 18.0 Å². The molecule has 2 N–H and O–H groups in total. The molecule has 0 saturated heterocycles. The van der Waals surface area contributed by atoms with Gasteiger partial charge in [-0.3, -0.25) is 9.78 Å². The third-order valence-corrected chi connectivity index (χ3v) is 7.30. The third kappa shape index (κ3) is 6.38. The zero-order valence-corrected chi connectivity index (χ0v) is 21.3. The highest BCUT2D eigenvalue weighted by atomic mass is 16.5. The molecule has 1 atom stereocenters. The minimum absolute atomic E-state index is 0.172. The molecule has 1 heterocycles. The summed E-state index contributed by atoms with van der Waals surface area (Å²) >= 11 is 0. The average Bonchev–Trinajstić information content (AvgIpc) is 3.47. The van der Waals surface area contributed by atoms with Crippen molar-refractivity contribution in [3.63, 3.8) is 0 Å². The monoisotopic (exact) mass is 508 g/mol. The Labute approximate surface area is 222 Å². The molecular formula is C32H32N2O4. The van der Waals surface area contributed by atoms with Crippen molar-refractivity contribution in [1.82, 2.24) is 10.3 Å². The lowest BCUT2D eigenvalue weighted by Crippen LogP contribution is -2.42. The zero-order chi connectivity index (χ0) is 26.3. The van der Waals surface area contributed by atoms with Crippen LogP contribution < -0.4 is 10.1 Å². The van der Waals surface area contributed by atoms with Gasteiger partial charge in [-0.25, -0.2) is 4.79 Å². The molecule has 1 amide bonds. The fraction of sp³-hybridized carbons (Fsp3) is 0.281. The summed E-state index contributed by atoms with van der Waals surface area (Å²) in [5.41, 5.74) is 3.14. The van der Waals surface area contributed by atoms with Crippen molar-refractivity contribution in [2.75, 3.05) is 6.61 Å². The maximum absolute atomic E-state index is 12.9. The van der Waals surface area contributed by atoms with E-state index in [1.54, 1.807) is 12.3 Å². The van der Waals surface area contributed by atoms with E-state index >= 15 is 0 Å². The number of carboxylic acid groups (broad SMARTS) is 1. The van der Waals surface area contributed by atoms with E-state index < -0.39 is 17.9 Å². The first kappa shape index (κ1) is 25.5. The van der Waals surface area contributed by atoms with Crippen LogP contribution in [0.25, 0.3) is 21.9 Å². The predicted molar refractivity (Wildman–Crippen MR) is 148 cm³/mol. The van der Waals surface area contributed by atoms with Gasteiger partial charge in [0.1, 0.15) is 17.5 Å². The quantitative estimate of drug-likeness (QED) is 0.263. The number of rotatable bonds is 10. The van der Waals surface area contributed by atoms with Crippen LogP contribution in [0, 0.1) is 5.92 Å². The number of ether oxygens (including phenoxy) is 1. The lowest BCUT2D eigenvalue weighted by atomic mass is 10.0. The molecule has 6 heteroatoms. The molecule has 0 radical (unpaired) electrons. The summed E-state index contributed by atoms with van der Waals surface area (Å²) in [6.45, 7) is 0.704. The standard InChI is InChI=1S/C32H32N2O4/c35-31(34-30(32(36)37)18-23-10-12-25(13-11-23)24-8-2-1-3-9-24)29-20-26-14-15-28(19-27(26)21-33-29)38-17-16-22-6-4-5-7-22/h1-3,8-15,19-22,30H,4-7,16-18H2,(H,34,35)(H,36,37)/t30-/m0/s1. The maximum Gasteiger partial charge on any atom is 0.326 e. The van der Waals surface area contributed by atoms with Crippen LogP contribution in [0.3, 0.4) is 0 Å². The third-order valence-electron chi connectivity index (χ3n) is 7.30. The fourth-order valence-corrected chi connectivity index (χ4v) is 5.11. The van der Waals surface area contributed by atoms with E-state index in [0.717, 1.165) is 45.6 Å². The lowest BCUT2D eigenvalue weighted by Gasteiger charge is -2.15. The minimum atomic E-state index is -1.09. The Bertz CT molecular complexity index is 1400. The second-order valence-corrected chi connectivity index (χ2v) is 10.00. The number of benzene rings is 3. The van der Waals surface area contributed by atoms with Crippen molar-refractivity contribution >= 4 is 22.6 Å². The number of carbonyl (C=O) groups excluding carboxylic acids is 1. The highest BCUT2D eigenvalue weighted by molar-refractivity contribution is 5.98. The Kier molecular flexibility index (Phi) is 7.98. The van der Waals surface area contributed by atoms with E-state index in [0.29, 0.717) is 6.61 Å². The van der Waals surface area contributed by atoms with Crippen LogP contribution in [0.15, 0.2) is 85.1 Å². The summed E-state index contributed by atoms with van der Waals surface area (Å²) in [5.74, 6) is -0.0389. The van der Waals surface area contributed by atoms with Crippen LogP contribution in [0.4, 0.5) is 0 Å². The van der Waals surface area contributed by atoms with Crippen molar-refractivity contribution < 1.29 is 19.4 Å². The summed E-state index contributed by atoms with van der Waals surface area (Å²) in [6, 6.07) is 24.0. The Morgan fingerprint density at radius 1 is 0.921 bits per heavy atom. The number of aliphatic carboxylic acids is 1. The Morgan fingerprint density at radius 3 is 2.39 bits per heavy atom. The second kappa shape index (κ2) is 11.9. The van der Waals surface area contributed by atoms with Gasteiger partial charge in [0.2, 0.25) is 0 Å². The van der Waals surface area contributed by atoms with Crippen molar-refractivity contribution in [1.29, 1.82) is 0 Å². The predicted octanol–water partition coefficient (Wildman–Crippen LogP) is 6.29. The molecule has 1 fully saturated rings. The largest absolute Gasteiger partial charge is 0.494 e. The first-order chi connectivity index (χ1) is 18.5. The van der Waals surface area contributed by atoms with Gasteiger partial charge >= 0.3 is 5.97 Å². The van der Waals surface area contributed by atoms with Crippen molar-refractivity contribution in [2.24, 2.45) is 5.92 Å². The number of hydrogen-bond donors (Lipinski definition) is 2. The summed E-state index contributed by atoms with van der Waals surface area (Å²) in [4.78, 5) is 29.1. The smallest absolute Gasteiger partial charge is 0.326 e. The number of fused-ring (bicyclic) bond motifs is 1. The fourth-order valence-electron chi connectivity index (χ4n) is 5.11. The van der Waals surface area contributed by atoms with Crippen LogP contribution in [0.2, 0.25) is 0 Å². The number of carbonyl (C=O) groups is 2. The van der Waals surface area contributed by atoms with Crippen LogP contribution in [-0.2, 0) is 11.2 Å². The summed E-state index contributed by atoms with van der Waals surface area (Å²) in [6.07, 6.45) is 8.15. The van der Waals surface area contributed by atoms with Crippen LogP contribution in [0.1, 0.15) is 48.2 Å². The molecular weight excluding hydrogens is 476 g/mol. The SMILES string of the molecule is O=C(N[C@@H](Cc1ccc(-c2ccccc2)cc1)C(=O)O)c1cc2ccc(OCCC3CCCC3)cc2cn1. The number of aromatic nitrogens is 1. The van der Waals surface area contributed by atoms with Gasteiger partial charge in [-0.1, -0.05) is 86.3 Å². The molecule has 0 bridgehead atoms. The van der Waals surface area contributed by atoms with Gasteiger partial charge in [0.25, 0.3) is 5.91 Å². The molecule has 3 aromatic carbocycles. The van der Waals surface area contributed by atoms with E-state index in [-0.39, 0.29) is 12.1 Å². The average molecular weight is 509 g/mol. The molecule has 0 spiro atoms. The summed E-state index contributed by atoms with van der Waals surface area (Å²) in [7, 11) is 0. The van der Waals surface area contributed by atoms with Crippen LogP contribution in [0.5, 0.6) is 5.75 Å². The van der Waals surface area contributed by atoms with Gasteiger partial charge < -0.3 is 15.2 Å². The summed E-state index contributed by atoms with van der Waals surface area (Å²) < 4.78 is 5.95. The second-order valence-electron chi connectivity index (χ2n) is 10.00. The molecule has 1 saturated carbocycles. The molecule has 5 rings (SSSR count). The van der Waals surface area contributed by atoms with Gasteiger partial charge in [-0.15, -0.1) is 0 Å². The molecule has 1 aliphatic rings. The molecule has 1 aromatic heterocycles. The van der Waals surface area contributed by atoms with Crippen LogP contribution >= 0.6 is 0 Å². The topological polar surface area (TPSA) is 88.5 Å². The number of pyridine rings is 1. The molecule has 4 aromatic rings. The zero-order valence-electron chi connectivity index (χ0n) is 21.3. The minimum Gasteiger partial charge on any atom is -0.494 e. The lowest BCUT2D eigenvalue weighted by molar-refractivity contribution is -0.139. The van der Waals surface area contributed by atoms with E-state index in [9.17, 15) is 14.7 Å². The van der Waals surface area contributed by atoms with Crippen molar-refractivity contribution in [3.05, 3.63) is 96.3 Å². The number of hydrogen-bond acceptors (Lipinski definition) is 4. The molecule has 6 nitrogen and oxygen atoms in total. The molecule has 38 heavy (non-hydrogen) atoms. The Balaban J connectivity index is 1.21. The molecule has 1 aliphatic carbocycles. The van der Waals surface area contributed by atoms with Crippen molar-refractivity contribution in [3.8, 4) is 16.9 Å². The Hall–Kier alpha value is -4.19. The summed E-state index contributed by atoms with van der Waals surface area (Å²) in [5, 5.41) is 14.1. The first-order valence-electron chi connectivity index (χ1n) is 13.3. The van der Waals surface area contributed by atoms with Crippen molar-refractivity contribution in [2.45, 2.75) is 44.6 Å². The van der Waals surface area contributed by atoms with E-state index in [2.05, 4.69) is 10.3 Å². The number of nitrogens with one attached hydrogen (secondary N) is 1. The van der Waals surface area contributed by atoms with Gasteiger partial charge in [0.15, 0.2) is 0 Å². The molecule has 194 valence electrons. The van der Waals surface area contributed by atoms with Gasteiger partial charge in [-0.2, -0.15) is 0 Å². The number of amides is 1. The van der Waals surface area contributed by atoms with E-state index in [1.165, 1.54) is 25.7 Å². The molecule has 0 unspecified atom stereocenters. The maximum atomic E-state index is 12.9. The number of carboxylic acids is 1. The Morgan fingerprint density at radius 2 is 1.66 bits per heavy atom. The first-order valence-corrected chi connectivity index (χ1v) is 13.3. The van der Waals surface area contributed by atoms with E-state index in [1.807, 2.05) is 72.8 Å². The van der Waals surface area contributed by atoms with E-state index in [4.69, 9.17) is 4.74 Å². The normalized spacial score (nSPS) is 14.3. The van der Waals surface area contributed by atoms with Gasteiger partial charge in [-0.05, 0) is 52.6 Å². The molecule has 0 aliphatic heterocycles.